The first-order valence-corrected chi connectivity index (χ1v) is 17.8. The lowest BCUT2D eigenvalue weighted by molar-refractivity contribution is 0.0416. The van der Waals surface area contributed by atoms with E-state index in [1.54, 1.807) is 61.6 Å². The summed E-state index contributed by atoms with van der Waals surface area (Å²) in [6, 6.07) is 23.6. The maximum atomic E-state index is 13.6. The van der Waals surface area contributed by atoms with Crippen molar-refractivity contribution >= 4 is 34.9 Å². The van der Waals surface area contributed by atoms with Crippen LogP contribution in [0.1, 0.15) is 85.8 Å². The van der Waals surface area contributed by atoms with Crippen LogP contribution in [0.3, 0.4) is 0 Å². The highest BCUT2D eigenvalue weighted by molar-refractivity contribution is 6.16. The van der Waals surface area contributed by atoms with Gasteiger partial charge in [0.2, 0.25) is 0 Å². The van der Waals surface area contributed by atoms with Crippen LogP contribution >= 0.6 is 0 Å². The fourth-order valence-electron chi connectivity index (χ4n) is 6.05. The summed E-state index contributed by atoms with van der Waals surface area (Å²) < 4.78 is 11.1. The van der Waals surface area contributed by atoms with Crippen LogP contribution in [0.25, 0.3) is 0 Å². The standard InChI is InChI=1S/C42H49N3O7/c1-7-44(8-2)30-19-21-32(29(5)27-30)39(47)33-15-11-13-17-35(33)41(49)51-25-23-43(6)24-26-52-42(50)36-18-14-12-16-34(36)40(48)37-22-20-31(28-38(37)46)45(9-3)10-4/h11-22,27-28,46H,7-10,23-26H2,1-6H3. The number of esters is 2. The molecule has 52 heavy (non-hydrogen) atoms. The molecule has 4 aromatic carbocycles. The number of anilines is 2. The molecular formula is C42H49N3O7. The highest BCUT2D eigenvalue weighted by atomic mass is 16.5. The van der Waals surface area contributed by atoms with Crippen molar-refractivity contribution in [3.8, 4) is 5.75 Å². The molecule has 0 heterocycles. The average molecular weight is 708 g/mol. The van der Waals surface area contributed by atoms with Crippen LogP contribution < -0.4 is 9.80 Å². The lowest BCUT2D eigenvalue weighted by Crippen LogP contribution is -2.29. The molecule has 0 unspecified atom stereocenters. The van der Waals surface area contributed by atoms with Gasteiger partial charge in [0.1, 0.15) is 19.0 Å². The fraction of sp³-hybridized carbons (Fsp3) is 0.333. The summed E-state index contributed by atoms with van der Waals surface area (Å²) >= 11 is 0. The zero-order chi connectivity index (χ0) is 37.8. The number of carbonyl (C=O) groups is 4. The SMILES string of the molecule is CCN(CC)c1ccc(C(=O)c2ccccc2C(=O)OCCN(C)CCOC(=O)c2ccccc2C(=O)c2ccc(N(CC)CC)cc2O)c(C)c1. The van der Waals surface area contributed by atoms with Gasteiger partial charge in [-0.25, -0.2) is 9.59 Å². The summed E-state index contributed by atoms with van der Waals surface area (Å²) in [5.41, 5.74) is 3.98. The highest BCUT2D eigenvalue weighted by Gasteiger charge is 2.23. The van der Waals surface area contributed by atoms with Gasteiger partial charge in [-0.3, -0.25) is 14.5 Å². The lowest BCUT2D eigenvalue weighted by Gasteiger charge is -2.22. The Labute approximate surface area is 306 Å². The number of hydrogen-bond acceptors (Lipinski definition) is 10. The van der Waals surface area contributed by atoms with E-state index in [4.69, 9.17) is 9.47 Å². The van der Waals surface area contributed by atoms with E-state index in [0.717, 1.165) is 43.1 Å². The van der Waals surface area contributed by atoms with Crippen molar-refractivity contribution in [1.82, 2.24) is 4.90 Å². The Kier molecular flexibility index (Phi) is 14.1. The van der Waals surface area contributed by atoms with Crippen LogP contribution in [0.15, 0.2) is 84.9 Å². The number of ether oxygens (including phenoxy) is 2. The Hall–Kier alpha value is -5.48. The molecule has 0 aromatic heterocycles. The molecule has 0 aliphatic heterocycles. The minimum Gasteiger partial charge on any atom is -0.507 e. The van der Waals surface area contributed by atoms with Crippen molar-refractivity contribution in [3.63, 3.8) is 0 Å². The Balaban J connectivity index is 1.31. The number of aryl methyl sites for hydroxylation is 1. The van der Waals surface area contributed by atoms with Gasteiger partial charge in [0.15, 0.2) is 11.6 Å². The second-order valence-corrected chi connectivity index (χ2v) is 12.4. The molecule has 0 bridgehead atoms. The molecule has 1 N–H and O–H groups in total. The molecule has 10 nitrogen and oxygen atoms in total. The van der Waals surface area contributed by atoms with Gasteiger partial charge < -0.3 is 24.4 Å². The quantitative estimate of drug-likeness (QED) is 0.0875. The minimum atomic E-state index is -0.665. The van der Waals surface area contributed by atoms with Crippen LogP contribution in [-0.4, -0.2) is 93.0 Å². The van der Waals surface area contributed by atoms with E-state index in [2.05, 4.69) is 23.6 Å². The Morgan fingerprint density at radius 3 is 1.38 bits per heavy atom. The molecule has 0 amide bonds. The predicted molar refractivity (Wildman–Crippen MR) is 204 cm³/mol. The number of ketones is 2. The van der Waals surface area contributed by atoms with E-state index in [1.807, 2.05) is 43.9 Å². The largest absolute Gasteiger partial charge is 0.507 e. The summed E-state index contributed by atoms with van der Waals surface area (Å²) in [5.74, 6) is -2.16. The van der Waals surface area contributed by atoms with Crippen molar-refractivity contribution in [3.05, 3.63) is 124 Å². The molecule has 10 heteroatoms. The smallest absolute Gasteiger partial charge is 0.338 e. The zero-order valence-electron chi connectivity index (χ0n) is 31.0. The Morgan fingerprint density at radius 1 is 0.558 bits per heavy atom. The van der Waals surface area contributed by atoms with E-state index in [-0.39, 0.29) is 52.6 Å². The number of phenols is 1. The first-order valence-electron chi connectivity index (χ1n) is 17.8. The van der Waals surface area contributed by atoms with E-state index in [0.29, 0.717) is 18.7 Å². The molecule has 0 atom stereocenters. The summed E-state index contributed by atoms with van der Waals surface area (Å²) in [4.78, 5) is 59.3. The van der Waals surface area contributed by atoms with Gasteiger partial charge in [-0.05, 0) is 89.7 Å². The molecule has 4 rings (SSSR count). The number of nitrogens with zero attached hydrogens (tertiary/aromatic N) is 3. The zero-order valence-corrected chi connectivity index (χ0v) is 31.0. The number of carbonyl (C=O) groups excluding carboxylic acids is 4. The third kappa shape index (κ3) is 9.44. The first kappa shape index (κ1) is 39.3. The number of benzene rings is 4. The molecule has 4 aromatic rings. The second kappa shape index (κ2) is 18.7. The number of hydrogen-bond donors (Lipinski definition) is 1. The number of likely N-dealkylation sites (N-methyl/N-ethyl adjacent to an activating group) is 1. The molecule has 0 saturated heterocycles. The van der Waals surface area contributed by atoms with Gasteiger partial charge in [0.25, 0.3) is 0 Å². The molecule has 0 aliphatic carbocycles. The molecule has 0 spiro atoms. The van der Waals surface area contributed by atoms with Crippen LogP contribution in [-0.2, 0) is 9.47 Å². The summed E-state index contributed by atoms with van der Waals surface area (Å²) in [7, 11) is 1.80. The topological polar surface area (TPSA) is 117 Å². The Morgan fingerprint density at radius 2 is 0.962 bits per heavy atom. The first-order chi connectivity index (χ1) is 25.0. The molecule has 0 saturated carbocycles. The van der Waals surface area contributed by atoms with Gasteiger partial charge in [0.05, 0.1) is 16.7 Å². The molecule has 0 fully saturated rings. The second-order valence-electron chi connectivity index (χ2n) is 12.4. The molecule has 274 valence electrons. The molecule has 0 radical (unpaired) electrons. The third-order valence-electron chi connectivity index (χ3n) is 9.13. The van der Waals surface area contributed by atoms with E-state index >= 15 is 0 Å². The maximum absolute atomic E-state index is 13.6. The monoisotopic (exact) mass is 707 g/mol. The minimum absolute atomic E-state index is 0.0272. The van der Waals surface area contributed by atoms with Crippen LogP contribution in [0, 0.1) is 6.92 Å². The van der Waals surface area contributed by atoms with Crippen molar-refractivity contribution in [2.24, 2.45) is 0 Å². The third-order valence-corrected chi connectivity index (χ3v) is 9.13. The fourth-order valence-corrected chi connectivity index (χ4v) is 6.05. The maximum Gasteiger partial charge on any atom is 0.338 e. The van der Waals surface area contributed by atoms with Gasteiger partial charge in [-0.2, -0.15) is 0 Å². The number of rotatable bonds is 18. The summed E-state index contributed by atoms with van der Waals surface area (Å²) in [6.07, 6.45) is 0. The normalized spacial score (nSPS) is 10.9. The van der Waals surface area contributed by atoms with Gasteiger partial charge in [-0.15, -0.1) is 0 Å². The van der Waals surface area contributed by atoms with Crippen LogP contribution in [0.5, 0.6) is 5.75 Å². The van der Waals surface area contributed by atoms with Crippen LogP contribution in [0.2, 0.25) is 0 Å². The van der Waals surface area contributed by atoms with Gasteiger partial charge in [-0.1, -0.05) is 36.4 Å². The average Bonchev–Trinajstić information content (AvgIpc) is 3.15. The molecular weight excluding hydrogens is 658 g/mol. The predicted octanol–water partition coefficient (Wildman–Crippen LogP) is 6.80. The van der Waals surface area contributed by atoms with Crippen molar-refractivity contribution in [2.45, 2.75) is 34.6 Å². The summed E-state index contributed by atoms with van der Waals surface area (Å²) in [6.45, 7) is 14.1. The van der Waals surface area contributed by atoms with E-state index < -0.39 is 17.7 Å². The van der Waals surface area contributed by atoms with Crippen molar-refractivity contribution in [2.75, 3.05) is 69.3 Å². The van der Waals surface area contributed by atoms with Crippen molar-refractivity contribution < 1.29 is 33.8 Å². The highest BCUT2D eigenvalue weighted by Crippen LogP contribution is 2.28. The number of aromatic hydroxyl groups is 1. The van der Waals surface area contributed by atoms with Gasteiger partial charge in [0, 0.05) is 73.4 Å². The van der Waals surface area contributed by atoms with E-state index in [9.17, 15) is 24.3 Å². The van der Waals surface area contributed by atoms with Crippen molar-refractivity contribution in [1.29, 1.82) is 0 Å². The van der Waals surface area contributed by atoms with Gasteiger partial charge >= 0.3 is 11.9 Å². The number of phenolic OH excluding ortho intramolecular Hbond substituents is 1. The lowest BCUT2D eigenvalue weighted by atomic mass is 9.95. The summed E-state index contributed by atoms with van der Waals surface area (Å²) in [5, 5.41) is 10.7. The molecule has 0 aliphatic rings. The van der Waals surface area contributed by atoms with E-state index in [1.165, 1.54) is 12.1 Å². The van der Waals surface area contributed by atoms with Crippen LogP contribution in [0.4, 0.5) is 11.4 Å². The Bertz CT molecular complexity index is 1750.